The van der Waals surface area contributed by atoms with Gasteiger partial charge in [0.1, 0.15) is 0 Å². The minimum atomic E-state index is 0.414. The van der Waals surface area contributed by atoms with Crippen LogP contribution in [0, 0.1) is 0 Å². The third kappa shape index (κ3) is 3.70. The van der Waals surface area contributed by atoms with Gasteiger partial charge in [-0.3, -0.25) is 4.90 Å². The minimum absolute atomic E-state index is 0.414. The summed E-state index contributed by atoms with van der Waals surface area (Å²) < 4.78 is 1.09. The molecule has 0 amide bonds. The minimum Gasteiger partial charge on any atom is -0.328 e. The van der Waals surface area contributed by atoms with Crippen LogP contribution in [0.3, 0.4) is 0 Å². The van der Waals surface area contributed by atoms with Gasteiger partial charge < -0.3 is 5.73 Å². The first kappa shape index (κ1) is 14.3. The zero-order valence-electron chi connectivity index (χ0n) is 10.7. The summed E-state index contributed by atoms with van der Waals surface area (Å²) in [4.78, 5) is 2.43. The summed E-state index contributed by atoms with van der Waals surface area (Å²) in [5.74, 6) is 0. The molecule has 1 aromatic rings. The molecular formula is C14H20BrClN2. The summed E-state index contributed by atoms with van der Waals surface area (Å²) in [6.45, 7) is 0.956. The molecule has 1 aromatic carbocycles. The van der Waals surface area contributed by atoms with Crippen LogP contribution in [0.25, 0.3) is 0 Å². The summed E-state index contributed by atoms with van der Waals surface area (Å²) in [6, 6.07) is 7.08. The molecule has 0 aromatic heterocycles. The van der Waals surface area contributed by atoms with Gasteiger partial charge in [0.15, 0.2) is 0 Å². The van der Waals surface area contributed by atoms with E-state index in [0.717, 1.165) is 28.9 Å². The predicted octanol–water partition coefficient (Wildman–Crippen LogP) is 3.80. The molecule has 0 spiro atoms. The van der Waals surface area contributed by atoms with E-state index in [-0.39, 0.29) is 0 Å². The molecule has 2 nitrogen and oxygen atoms in total. The third-order valence-corrected chi connectivity index (χ3v) is 4.77. The fourth-order valence-corrected chi connectivity index (χ4v) is 3.40. The molecule has 4 heteroatoms. The van der Waals surface area contributed by atoms with E-state index in [4.69, 9.17) is 17.3 Å². The van der Waals surface area contributed by atoms with Crippen molar-refractivity contribution < 1.29 is 0 Å². The lowest BCUT2D eigenvalue weighted by molar-refractivity contribution is 0.176. The summed E-state index contributed by atoms with van der Waals surface area (Å²) in [5.41, 5.74) is 7.24. The Kier molecular flexibility index (Phi) is 5.07. The van der Waals surface area contributed by atoms with E-state index in [2.05, 4.69) is 33.9 Å². The van der Waals surface area contributed by atoms with E-state index in [1.54, 1.807) is 0 Å². The van der Waals surface area contributed by atoms with Gasteiger partial charge in [-0.2, -0.15) is 0 Å². The average Bonchev–Trinajstić information content (AvgIpc) is 2.33. The van der Waals surface area contributed by atoms with Gasteiger partial charge in [0.2, 0.25) is 0 Å². The molecule has 0 aliphatic heterocycles. The van der Waals surface area contributed by atoms with E-state index in [1.807, 2.05) is 12.1 Å². The third-order valence-electron chi connectivity index (χ3n) is 3.80. The highest BCUT2D eigenvalue weighted by atomic mass is 79.9. The molecule has 1 saturated carbocycles. The maximum absolute atomic E-state index is 5.96. The quantitative estimate of drug-likeness (QED) is 0.912. The highest BCUT2D eigenvalue weighted by Crippen LogP contribution is 2.26. The normalized spacial score (nSPS) is 24.5. The zero-order valence-corrected chi connectivity index (χ0v) is 13.0. The number of benzene rings is 1. The van der Waals surface area contributed by atoms with Crippen molar-refractivity contribution >= 4 is 27.5 Å². The predicted molar refractivity (Wildman–Crippen MR) is 80.9 cm³/mol. The van der Waals surface area contributed by atoms with Gasteiger partial charge in [-0.15, -0.1) is 0 Å². The van der Waals surface area contributed by atoms with Crippen LogP contribution < -0.4 is 5.73 Å². The van der Waals surface area contributed by atoms with Crippen molar-refractivity contribution in [2.24, 2.45) is 5.73 Å². The smallest absolute Gasteiger partial charge is 0.0417 e. The number of nitrogens with zero attached hydrogens (tertiary/aromatic N) is 1. The maximum Gasteiger partial charge on any atom is 0.0417 e. The van der Waals surface area contributed by atoms with Crippen LogP contribution in [0.15, 0.2) is 22.7 Å². The lowest BCUT2D eigenvalue weighted by atomic mass is 9.91. The second-order valence-corrected chi connectivity index (χ2v) is 6.51. The molecule has 1 aliphatic rings. The zero-order chi connectivity index (χ0) is 13.1. The Labute approximate surface area is 123 Å². The molecule has 0 heterocycles. The first-order valence-electron chi connectivity index (χ1n) is 6.46. The van der Waals surface area contributed by atoms with E-state index in [0.29, 0.717) is 12.1 Å². The molecule has 0 radical (unpaired) electrons. The Bertz CT molecular complexity index is 403. The average molecular weight is 332 g/mol. The van der Waals surface area contributed by atoms with Gasteiger partial charge in [0.25, 0.3) is 0 Å². The topological polar surface area (TPSA) is 29.3 Å². The number of hydrogen-bond acceptors (Lipinski definition) is 2. The number of hydrogen-bond donors (Lipinski definition) is 1. The SMILES string of the molecule is CN(Cc1ccc(Cl)cc1Br)C1CCC(N)CC1. The van der Waals surface area contributed by atoms with Gasteiger partial charge in [-0.05, 0) is 50.4 Å². The van der Waals surface area contributed by atoms with Crippen LogP contribution in [-0.4, -0.2) is 24.0 Å². The van der Waals surface area contributed by atoms with Crippen LogP contribution in [0.4, 0.5) is 0 Å². The Morgan fingerprint density at radius 2 is 2.00 bits per heavy atom. The summed E-state index contributed by atoms with van der Waals surface area (Å²) in [7, 11) is 2.20. The van der Waals surface area contributed by atoms with Crippen molar-refractivity contribution in [2.45, 2.75) is 44.3 Å². The van der Waals surface area contributed by atoms with Crippen LogP contribution >= 0.6 is 27.5 Å². The number of rotatable bonds is 3. The van der Waals surface area contributed by atoms with Gasteiger partial charge in [-0.25, -0.2) is 0 Å². The molecule has 0 bridgehead atoms. The van der Waals surface area contributed by atoms with Crippen LogP contribution in [0.2, 0.25) is 5.02 Å². The molecular weight excluding hydrogens is 312 g/mol. The molecule has 1 aliphatic carbocycles. The molecule has 2 rings (SSSR count). The molecule has 0 atom stereocenters. The van der Waals surface area contributed by atoms with Crippen LogP contribution in [0.1, 0.15) is 31.2 Å². The van der Waals surface area contributed by atoms with Crippen molar-refractivity contribution in [1.82, 2.24) is 4.90 Å². The van der Waals surface area contributed by atoms with Crippen molar-refractivity contribution in [1.29, 1.82) is 0 Å². The Balaban J connectivity index is 1.96. The van der Waals surface area contributed by atoms with Crippen LogP contribution in [-0.2, 0) is 6.54 Å². The maximum atomic E-state index is 5.96. The molecule has 1 fully saturated rings. The van der Waals surface area contributed by atoms with Crippen molar-refractivity contribution in [3.8, 4) is 0 Å². The fourth-order valence-electron chi connectivity index (χ4n) is 2.59. The molecule has 100 valence electrons. The largest absolute Gasteiger partial charge is 0.328 e. The van der Waals surface area contributed by atoms with Crippen molar-refractivity contribution in [3.05, 3.63) is 33.3 Å². The Morgan fingerprint density at radius 3 is 2.61 bits per heavy atom. The van der Waals surface area contributed by atoms with Gasteiger partial charge in [0.05, 0.1) is 0 Å². The highest BCUT2D eigenvalue weighted by Gasteiger charge is 2.22. The molecule has 0 unspecified atom stereocenters. The van der Waals surface area contributed by atoms with Gasteiger partial charge in [-0.1, -0.05) is 33.6 Å². The van der Waals surface area contributed by atoms with Gasteiger partial charge in [0, 0.05) is 28.1 Å². The van der Waals surface area contributed by atoms with E-state index in [1.165, 1.54) is 18.4 Å². The summed E-state index contributed by atoms with van der Waals surface area (Å²) in [5, 5.41) is 0.775. The first-order valence-corrected chi connectivity index (χ1v) is 7.63. The van der Waals surface area contributed by atoms with Crippen LogP contribution in [0.5, 0.6) is 0 Å². The fraction of sp³-hybridized carbons (Fsp3) is 0.571. The monoisotopic (exact) mass is 330 g/mol. The number of nitrogens with two attached hydrogens (primary N) is 1. The second kappa shape index (κ2) is 6.38. The Hall–Kier alpha value is -0.0900. The number of halogens is 2. The summed E-state index contributed by atoms with van der Waals surface area (Å²) in [6.07, 6.45) is 4.72. The Morgan fingerprint density at radius 1 is 1.33 bits per heavy atom. The first-order chi connectivity index (χ1) is 8.56. The van der Waals surface area contributed by atoms with E-state index in [9.17, 15) is 0 Å². The lowest BCUT2D eigenvalue weighted by Gasteiger charge is -2.33. The summed E-state index contributed by atoms with van der Waals surface area (Å²) >= 11 is 9.54. The van der Waals surface area contributed by atoms with Crippen molar-refractivity contribution in [3.63, 3.8) is 0 Å². The van der Waals surface area contributed by atoms with E-state index < -0.39 is 0 Å². The molecule has 0 saturated heterocycles. The van der Waals surface area contributed by atoms with Gasteiger partial charge >= 0.3 is 0 Å². The molecule has 18 heavy (non-hydrogen) atoms. The molecule has 2 N–H and O–H groups in total. The van der Waals surface area contributed by atoms with Crippen molar-refractivity contribution in [2.75, 3.05) is 7.05 Å². The van der Waals surface area contributed by atoms with E-state index >= 15 is 0 Å². The highest BCUT2D eigenvalue weighted by molar-refractivity contribution is 9.10. The standard InChI is InChI=1S/C14H20BrClN2/c1-18(13-6-4-12(17)5-7-13)9-10-2-3-11(16)8-14(10)15/h2-3,8,12-13H,4-7,9,17H2,1H3. The lowest BCUT2D eigenvalue weighted by Crippen LogP contribution is -2.38. The second-order valence-electron chi connectivity index (χ2n) is 5.22.